The van der Waals surface area contributed by atoms with Crippen molar-refractivity contribution in [2.45, 2.75) is 16.8 Å². The second kappa shape index (κ2) is 7.62. The predicted octanol–water partition coefficient (Wildman–Crippen LogP) is 4.00. The molecule has 0 saturated carbocycles. The van der Waals surface area contributed by atoms with Crippen LogP contribution in [0.2, 0.25) is 5.02 Å². The van der Waals surface area contributed by atoms with Crippen molar-refractivity contribution in [3.63, 3.8) is 0 Å². The lowest BCUT2D eigenvalue weighted by molar-refractivity contribution is -0.137. The molecule has 27 heavy (non-hydrogen) atoms. The van der Waals surface area contributed by atoms with Crippen LogP contribution in [-0.2, 0) is 9.53 Å². The van der Waals surface area contributed by atoms with Crippen LogP contribution in [0.25, 0.3) is 17.1 Å². The van der Waals surface area contributed by atoms with Crippen LogP contribution in [0.3, 0.4) is 0 Å². The summed E-state index contributed by atoms with van der Waals surface area (Å²) in [5.74, 6) is 1.14. The third kappa shape index (κ3) is 3.52. The van der Waals surface area contributed by atoms with E-state index in [9.17, 15) is 4.79 Å². The van der Waals surface area contributed by atoms with Crippen LogP contribution in [0.5, 0.6) is 5.75 Å². The van der Waals surface area contributed by atoms with Gasteiger partial charge in [0, 0.05) is 17.7 Å². The average molecular weight is 402 g/mol. The molecule has 1 aliphatic heterocycles. The van der Waals surface area contributed by atoms with Gasteiger partial charge in [-0.1, -0.05) is 35.5 Å². The summed E-state index contributed by atoms with van der Waals surface area (Å²) >= 11 is 7.74. The molecule has 1 atom stereocenters. The van der Waals surface area contributed by atoms with Gasteiger partial charge >= 0.3 is 5.97 Å². The number of nitrogens with zero attached hydrogens (tertiary/aromatic N) is 3. The molecule has 1 aliphatic rings. The number of hydrogen-bond donors (Lipinski definition) is 0. The molecule has 3 aromatic rings. The quantitative estimate of drug-likeness (QED) is 0.602. The molecule has 0 bridgehead atoms. The second-order valence-electron chi connectivity index (χ2n) is 5.88. The van der Waals surface area contributed by atoms with Gasteiger partial charge in [-0.15, -0.1) is 10.2 Å². The predicted molar refractivity (Wildman–Crippen MR) is 104 cm³/mol. The van der Waals surface area contributed by atoms with Gasteiger partial charge in [0.15, 0.2) is 11.0 Å². The molecule has 4 rings (SSSR count). The summed E-state index contributed by atoms with van der Waals surface area (Å²) in [5, 5.41) is 9.59. The first-order valence-corrected chi connectivity index (χ1v) is 9.61. The Labute approximate surface area is 165 Å². The van der Waals surface area contributed by atoms with E-state index in [0.29, 0.717) is 29.0 Å². The molecular formula is C19H16ClN3O3S. The fourth-order valence-corrected chi connectivity index (χ4v) is 4.08. The summed E-state index contributed by atoms with van der Waals surface area (Å²) in [6, 6.07) is 15.0. The topological polar surface area (TPSA) is 66.2 Å². The fourth-order valence-electron chi connectivity index (χ4n) is 2.84. The number of hydrogen-bond acceptors (Lipinski definition) is 6. The number of halogens is 1. The Bertz CT molecular complexity index is 975. The van der Waals surface area contributed by atoms with Gasteiger partial charge in [-0.2, -0.15) is 0 Å². The lowest BCUT2D eigenvalue weighted by Crippen LogP contribution is -2.11. The van der Waals surface area contributed by atoms with Crippen molar-refractivity contribution in [1.82, 2.24) is 14.8 Å². The number of ether oxygens (including phenoxy) is 2. The van der Waals surface area contributed by atoms with E-state index in [0.717, 1.165) is 17.0 Å². The monoisotopic (exact) mass is 401 g/mol. The number of cyclic esters (lactones) is 1. The number of carbonyl (C=O) groups excluding carboxylic acids is 1. The van der Waals surface area contributed by atoms with Gasteiger partial charge in [0.25, 0.3) is 0 Å². The van der Waals surface area contributed by atoms with Gasteiger partial charge in [0.1, 0.15) is 11.0 Å². The van der Waals surface area contributed by atoms with E-state index < -0.39 is 0 Å². The third-order valence-corrected chi connectivity index (χ3v) is 5.73. The standard InChI is InChI=1S/C19H16ClN3O3S/c1-25-13-8-6-12(7-9-13)23-17(14-4-2-3-5-15(14)20)21-22-19(23)27-16-10-11-26-18(16)24/h2-9,16H,10-11H2,1H3/t16-/m0/s1. The van der Waals surface area contributed by atoms with E-state index in [-0.39, 0.29) is 11.2 Å². The smallest absolute Gasteiger partial charge is 0.319 e. The highest BCUT2D eigenvalue weighted by molar-refractivity contribution is 8.00. The van der Waals surface area contributed by atoms with Crippen LogP contribution in [0.15, 0.2) is 53.7 Å². The van der Waals surface area contributed by atoms with Gasteiger partial charge in [-0.3, -0.25) is 9.36 Å². The van der Waals surface area contributed by atoms with Gasteiger partial charge in [-0.25, -0.2) is 0 Å². The molecule has 2 heterocycles. The number of carbonyl (C=O) groups is 1. The highest BCUT2D eigenvalue weighted by Gasteiger charge is 2.30. The number of aromatic nitrogens is 3. The Morgan fingerprint density at radius 2 is 1.96 bits per heavy atom. The summed E-state index contributed by atoms with van der Waals surface area (Å²) in [7, 11) is 1.62. The Morgan fingerprint density at radius 3 is 2.63 bits per heavy atom. The molecule has 0 aliphatic carbocycles. The van der Waals surface area contributed by atoms with Gasteiger partial charge in [0.2, 0.25) is 0 Å². The lowest BCUT2D eigenvalue weighted by atomic mass is 10.2. The van der Waals surface area contributed by atoms with Crippen LogP contribution in [0.1, 0.15) is 6.42 Å². The van der Waals surface area contributed by atoms with Crippen molar-refractivity contribution >= 4 is 29.3 Å². The van der Waals surface area contributed by atoms with E-state index >= 15 is 0 Å². The highest BCUT2D eigenvalue weighted by atomic mass is 35.5. The van der Waals surface area contributed by atoms with E-state index in [1.165, 1.54) is 11.8 Å². The molecule has 2 aromatic carbocycles. The zero-order valence-electron chi connectivity index (χ0n) is 14.5. The van der Waals surface area contributed by atoms with Crippen LogP contribution >= 0.6 is 23.4 Å². The van der Waals surface area contributed by atoms with E-state index in [1.807, 2.05) is 53.1 Å². The Morgan fingerprint density at radius 1 is 1.19 bits per heavy atom. The maximum absolute atomic E-state index is 11.9. The van der Waals surface area contributed by atoms with Crippen LogP contribution in [-0.4, -0.2) is 39.7 Å². The largest absolute Gasteiger partial charge is 0.497 e. The summed E-state index contributed by atoms with van der Waals surface area (Å²) in [5.41, 5.74) is 1.62. The molecule has 0 radical (unpaired) electrons. The zero-order chi connectivity index (χ0) is 18.8. The maximum Gasteiger partial charge on any atom is 0.319 e. The molecule has 8 heteroatoms. The van der Waals surface area contributed by atoms with Gasteiger partial charge in [-0.05, 0) is 36.4 Å². The van der Waals surface area contributed by atoms with Crippen LogP contribution in [0.4, 0.5) is 0 Å². The molecule has 1 fully saturated rings. The van der Waals surface area contributed by atoms with Crippen LogP contribution < -0.4 is 4.74 Å². The summed E-state index contributed by atoms with van der Waals surface area (Å²) in [4.78, 5) is 11.9. The Hall–Kier alpha value is -2.51. The second-order valence-corrected chi connectivity index (χ2v) is 7.46. The third-order valence-electron chi connectivity index (χ3n) is 4.21. The minimum atomic E-state index is -0.287. The van der Waals surface area contributed by atoms with E-state index in [4.69, 9.17) is 21.1 Å². The zero-order valence-corrected chi connectivity index (χ0v) is 16.0. The minimum Gasteiger partial charge on any atom is -0.497 e. The molecule has 0 spiro atoms. The summed E-state index contributed by atoms with van der Waals surface area (Å²) < 4.78 is 12.2. The minimum absolute atomic E-state index is 0.219. The summed E-state index contributed by atoms with van der Waals surface area (Å²) in [6.07, 6.45) is 0.653. The molecule has 0 unspecified atom stereocenters. The average Bonchev–Trinajstić information content (AvgIpc) is 3.29. The molecule has 1 saturated heterocycles. The molecule has 6 nitrogen and oxygen atoms in total. The van der Waals surface area contributed by atoms with Crippen molar-refractivity contribution in [2.75, 3.05) is 13.7 Å². The van der Waals surface area contributed by atoms with Crippen molar-refractivity contribution in [3.8, 4) is 22.8 Å². The van der Waals surface area contributed by atoms with Gasteiger partial charge in [0.05, 0.1) is 18.7 Å². The van der Waals surface area contributed by atoms with E-state index in [1.54, 1.807) is 7.11 Å². The summed E-state index contributed by atoms with van der Waals surface area (Å²) in [6.45, 7) is 0.435. The highest BCUT2D eigenvalue weighted by Crippen LogP contribution is 2.35. The fraction of sp³-hybridized carbons (Fsp3) is 0.211. The van der Waals surface area contributed by atoms with Gasteiger partial charge < -0.3 is 9.47 Å². The molecule has 0 amide bonds. The number of rotatable bonds is 5. The number of esters is 1. The first-order valence-electron chi connectivity index (χ1n) is 8.35. The maximum atomic E-state index is 11.9. The lowest BCUT2D eigenvalue weighted by Gasteiger charge is -2.12. The van der Waals surface area contributed by atoms with Crippen molar-refractivity contribution < 1.29 is 14.3 Å². The Balaban J connectivity index is 1.81. The number of thioether (sulfide) groups is 1. The Kier molecular flexibility index (Phi) is 5.05. The molecule has 0 N–H and O–H groups in total. The number of methoxy groups -OCH3 is 1. The van der Waals surface area contributed by atoms with E-state index in [2.05, 4.69) is 10.2 Å². The van der Waals surface area contributed by atoms with Crippen molar-refractivity contribution in [3.05, 3.63) is 53.6 Å². The molecular weight excluding hydrogens is 386 g/mol. The van der Waals surface area contributed by atoms with Crippen molar-refractivity contribution in [2.24, 2.45) is 0 Å². The first kappa shape index (κ1) is 17.9. The molecule has 138 valence electrons. The normalized spacial score (nSPS) is 16.4. The molecule has 1 aromatic heterocycles. The SMILES string of the molecule is COc1ccc(-n2c(S[C@H]3CCOC3=O)nnc2-c2ccccc2Cl)cc1. The van der Waals surface area contributed by atoms with Crippen LogP contribution in [0, 0.1) is 0 Å². The van der Waals surface area contributed by atoms with Crippen molar-refractivity contribution in [1.29, 1.82) is 0 Å². The first-order chi connectivity index (χ1) is 13.2. The number of benzene rings is 2.